The molecule has 0 N–H and O–H groups in total. The van der Waals surface area contributed by atoms with E-state index < -0.39 is 6.85 Å². The van der Waals surface area contributed by atoms with E-state index in [-0.39, 0.29) is 25.5 Å². The van der Waals surface area contributed by atoms with Gasteiger partial charge in [-0.15, -0.1) is 65.4 Å². The molecule has 0 fully saturated rings. The maximum Gasteiger partial charge on any atom is 0.129 e. The molecule has 0 saturated carbocycles. The molecule has 4 aromatic heterocycles. The molecule has 0 amide bonds. The van der Waals surface area contributed by atoms with E-state index in [9.17, 15) is 0 Å². The standard InChI is InChI=1S/C27H26NOS.C12H10N.Ir/c1-15-14-28-22(12-18(15)13-27(4,5)6)21-9-7-8-19-20-10-11-23-24(16(2)17(3)30-23)26(20)29-25(19)21;1-10-7-8-12(13-9-10)11-5-3-2-4-6-11;/h7-8,10-12,14H,13H2,1-6H3;2-5,7-9H,1H3;/q2*-1;/i1D3;;. The van der Waals surface area contributed by atoms with Gasteiger partial charge in [0.2, 0.25) is 0 Å². The van der Waals surface area contributed by atoms with E-state index in [0.717, 1.165) is 49.7 Å². The van der Waals surface area contributed by atoms with Crippen molar-refractivity contribution in [1.29, 1.82) is 0 Å². The smallest absolute Gasteiger partial charge is 0.129 e. The van der Waals surface area contributed by atoms with Gasteiger partial charge in [-0.2, -0.15) is 0 Å². The van der Waals surface area contributed by atoms with Gasteiger partial charge < -0.3 is 14.4 Å². The fraction of sp³-hybridized carbons (Fsp3) is 0.231. The molecule has 0 aliphatic heterocycles. The SMILES string of the molecule is Cc1ccc(-c2[c-]cccc2)nc1.[2H]C([2H])([2H])c1cnc(-c2[c-]ccc3c2oc2c3ccc3sc(C)c(C)c32)cc1CC(C)(C)C.[Ir]. The first-order chi connectivity index (χ1) is 21.8. The van der Waals surface area contributed by atoms with Crippen molar-refractivity contribution in [1.82, 2.24) is 9.97 Å². The van der Waals surface area contributed by atoms with Gasteiger partial charge in [0.15, 0.2) is 0 Å². The summed E-state index contributed by atoms with van der Waals surface area (Å²) in [6.45, 7) is 10.4. The normalized spacial score (nSPS) is 12.7. The van der Waals surface area contributed by atoms with Crippen LogP contribution in [0.1, 0.15) is 52.0 Å². The van der Waals surface area contributed by atoms with Crippen molar-refractivity contribution in [3.63, 3.8) is 0 Å². The number of hydrogen-bond donors (Lipinski definition) is 0. The van der Waals surface area contributed by atoms with E-state index in [1.165, 1.54) is 26.9 Å². The zero-order valence-electron chi connectivity index (χ0n) is 28.8. The third-order valence-electron chi connectivity index (χ3n) is 7.59. The summed E-state index contributed by atoms with van der Waals surface area (Å²) in [5, 5.41) is 3.25. The van der Waals surface area contributed by atoms with E-state index in [1.807, 2.05) is 61.7 Å². The van der Waals surface area contributed by atoms with Crippen LogP contribution in [-0.4, -0.2) is 9.97 Å². The second kappa shape index (κ2) is 12.8. The summed E-state index contributed by atoms with van der Waals surface area (Å²) in [4.78, 5) is 10.2. The van der Waals surface area contributed by atoms with Gasteiger partial charge in [-0.05, 0) is 73.6 Å². The summed E-state index contributed by atoms with van der Waals surface area (Å²) in [7, 11) is 0. The van der Waals surface area contributed by atoms with E-state index in [1.54, 1.807) is 11.3 Å². The fourth-order valence-electron chi connectivity index (χ4n) is 5.37. The summed E-state index contributed by atoms with van der Waals surface area (Å²) in [5.41, 5.74) is 8.55. The number of furan rings is 1. The average molecular weight is 776 g/mol. The van der Waals surface area contributed by atoms with Crippen molar-refractivity contribution >= 4 is 43.4 Å². The van der Waals surface area contributed by atoms with Crippen LogP contribution in [0.4, 0.5) is 0 Å². The molecule has 4 heterocycles. The third kappa shape index (κ3) is 6.42. The van der Waals surface area contributed by atoms with Crippen molar-refractivity contribution < 1.29 is 28.6 Å². The molecule has 0 atom stereocenters. The fourth-order valence-corrected chi connectivity index (χ4v) is 6.44. The second-order valence-corrected chi connectivity index (χ2v) is 13.5. The number of fused-ring (bicyclic) bond motifs is 5. The predicted octanol–water partition coefficient (Wildman–Crippen LogP) is 11.0. The number of hydrogen-bond acceptors (Lipinski definition) is 4. The molecule has 225 valence electrons. The van der Waals surface area contributed by atoms with Gasteiger partial charge in [0.1, 0.15) is 5.58 Å². The van der Waals surface area contributed by atoms with Crippen LogP contribution >= 0.6 is 11.3 Å². The van der Waals surface area contributed by atoms with Crippen molar-refractivity contribution in [2.24, 2.45) is 5.41 Å². The molecule has 0 saturated heterocycles. The molecule has 0 aliphatic carbocycles. The van der Waals surface area contributed by atoms with Crippen LogP contribution in [0.2, 0.25) is 0 Å². The second-order valence-electron chi connectivity index (χ2n) is 12.3. The minimum Gasteiger partial charge on any atom is -0.500 e. The molecular formula is C39H36IrN2OS-2. The monoisotopic (exact) mass is 776 g/mol. The third-order valence-corrected chi connectivity index (χ3v) is 8.76. The largest absolute Gasteiger partial charge is 0.500 e. The number of pyridine rings is 2. The van der Waals surface area contributed by atoms with Crippen LogP contribution in [0.25, 0.3) is 54.5 Å². The van der Waals surface area contributed by atoms with Gasteiger partial charge in [-0.1, -0.05) is 61.5 Å². The molecular weight excluding hydrogens is 737 g/mol. The zero-order chi connectivity index (χ0) is 32.8. The first kappa shape index (κ1) is 27.9. The molecule has 3 nitrogen and oxygen atoms in total. The molecule has 0 spiro atoms. The Morgan fingerprint density at radius 2 is 1.66 bits per heavy atom. The number of aryl methyl sites for hydroxylation is 4. The number of nitrogens with zero attached hydrogens (tertiary/aromatic N) is 2. The van der Waals surface area contributed by atoms with E-state index in [2.05, 4.69) is 74.9 Å². The summed E-state index contributed by atoms with van der Waals surface area (Å²) in [6, 6.07) is 28.5. The molecule has 5 heteroatoms. The van der Waals surface area contributed by atoms with Crippen LogP contribution in [0.15, 0.2) is 83.5 Å². The number of thiophene rings is 1. The van der Waals surface area contributed by atoms with Crippen molar-refractivity contribution in [3.05, 3.63) is 118 Å². The Morgan fingerprint density at radius 3 is 2.36 bits per heavy atom. The van der Waals surface area contributed by atoms with Gasteiger partial charge >= 0.3 is 0 Å². The minimum absolute atomic E-state index is 0. The predicted molar refractivity (Wildman–Crippen MR) is 182 cm³/mol. The van der Waals surface area contributed by atoms with E-state index in [0.29, 0.717) is 17.7 Å². The Balaban J connectivity index is 0.000000260. The Bertz CT molecular complexity index is 2180. The van der Waals surface area contributed by atoms with Crippen molar-refractivity contribution in [2.45, 2.75) is 54.8 Å². The molecule has 7 aromatic rings. The van der Waals surface area contributed by atoms with Crippen LogP contribution in [-0.2, 0) is 26.5 Å². The topological polar surface area (TPSA) is 38.9 Å². The first-order valence-corrected chi connectivity index (χ1v) is 15.3. The molecule has 0 aliphatic rings. The van der Waals surface area contributed by atoms with Gasteiger partial charge in [-0.25, -0.2) is 0 Å². The van der Waals surface area contributed by atoms with Crippen LogP contribution in [0, 0.1) is 45.2 Å². The van der Waals surface area contributed by atoms with Crippen molar-refractivity contribution in [2.75, 3.05) is 0 Å². The summed E-state index contributed by atoms with van der Waals surface area (Å²) in [5.74, 6) is 0. The van der Waals surface area contributed by atoms with Crippen LogP contribution in [0.3, 0.4) is 0 Å². The zero-order valence-corrected chi connectivity index (χ0v) is 29.0. The maximum absolute atomic E-state index is 7.97. The quantitative estimate of drug-likeness (QED) is 0.168. The molecule has 0 bridgehead atoms. The summed E-state index contributed by atoms with van der Waals surface area (Å²) in [6.07, 6.45) is 4.01. The Morgan fingerprint density at radius 1 is 0.864 bits per heavy atom. The Kier molecular flexibility index (Phi) is 8.09. The number of rotatable bonds is 3. The Labute approximate surface area is 282 Å². The van der Waals surface area contributed by atoms with Gasteiger partial charge in [0, 0.05) is 57.0 Å². The van der Waals surface area contributed by atoms with Gasteiger partial charge in [0.05, 0.1) is 5.58 Å². The van der Waals surface area contributed by atoms with Crippen LogP contribution in [0.5, 0.6) is 0 Å². The van der Waals surface area contributed by atoms with E-state index in [4.69, 9.17) is 8.53 Å². The molecule has 7 rings (SSSR count). The Hall–Kier alpha value is -3.63. The van der Waals surface area contributed by atoms with Gasteiger partial charge in [0.25, 0.3) is 0 Å². The summed E-state index contributed by atoms with van der Waals surface area (Å²) < 4.78 is 31.6. The van der Waals surface area contributed by atoms with E-state index >= 15 is 0 Å². The van der Waals surface area contributed by atoms with Gasteiger partial charge in [-0.3, -0.25) is 0 Å². The maximum atomic E-state index is 7.97. The summed E-state index contributed by atoms with van der Waals surface area (Å²) >= 11 is 1.78. The average Bonchev–Trinajstić information content (AvgIpc) is 3.53. The molecule has 3 aromatic carbocycles. The number of aromatic nitrogens is 2. The van der Waals surface area contributed by atoms with Crippen LogP contribution < -0.4 is 0 Å². The van der Waals surface area contributed by atoms with Crippen molar-refractivity contribution in [3.8, 4) is 22.5 Å². The molecule has 44 heavy (non-hydrogen) atoms. The molecule has 1 radical (unpaired) electrons. The minimum atomic E-state index is -2.21. The molecule has 0 unspecified atom stereocenters. The number of benzene rings is 3. The first-order valence-electron chi connectivity index (χ1n) is 16.0.